The summed E-state index contributed by atoms with van der Waals surface area (Å²) in [6.07, 6.45) is 3.50. The third-order valence-electron chi connectivity index (χ3n) is 3.56. The summed E-state index contributed by atoms with van der Waals surface area (Å²) in [5.41, 5.74) is 0.373. The maximum Gasteiger partial charge on any atom is 0.140 e. The van der Waals surface area contributed by atoms with Crippen LogP contribution in [0.2, 0.25) is 0 Å². The van der Waals surface area contributed by atoms with E-state index in [1.165, 1.54) is 12.1 Å². The van der Waals surface area contributed by atoms with E-state index in [0.29, 0.717) is 17.9 Å². The molecule has 0 bridgehead atoms. The molecule has 2 atom stereocenters. The van der Waals surface area contributed by atoms with Gasteiger partial charge in [0.25, 0.3) is 0 Å². The highest BCUT2D eigenvalue weighted by atomic mass is 35.5. The molecule has 1 aliphatic rings. The molecular weight excluding hydrogens is 335 g/mol. The third-order valence-corrected chi connectivity index (χ3v) is 3.56. The molecule has 1 aliphatic heterocycles. The van der Waals surface area contributed by atoms with Gasteiger partial charge < -0.3 is 15.0 Å². The highest BCUT2D eigenvalue weighted by molar-refractivity contribution is 5.85. The van der Waals surface area contributed by atoms with Crippen molar-refractivity contribution in [2.24, 2.45) is 0 Å². The summed E-state index contributed by atoms with van der Waals surface area (Å²) < 4.78 is 28.5. The molecule has 122 valence electrons. The average Bonchev–Trinajstić information content (AvgIpc) is 2.87. The monoisotopic (exact) mass is 351 g/mol. The van der Waals surface area contributed by atoms with E-state index in [9.17, 15) is 13.9 Å². The minimum Gasteiger partial charge on any atom is -0.390 e. The molecule has 0 saturated carbocycles. The Labute approximate surface area is 139 Å². The second-order valence-electron chi connectivity index (χ2n) is 4.94. The van der Waals surface area contributed by atoms with Crippen molar-refractivity contribution in [2.75, 3.05) is 13.1 Å². The van der Waals surface area contributed by atoms with Gasteiger partial charge in [0.05, 0.1) is 12.1 Å². The molecular formula is C14H17Cl2F2N3O. The second-order valence-corrected chi connectivity index (χ2v) is 4.94. The van der Waals surface area contributed by atoms with Crippen LogP contribution in [0.1, 0.15) is 12.5 Å². The molecule has 4 nitrogen and oxygen atoms in total. The number of nitrogens with one attached hydrogen (secondary N) is 1. The number of aromatic nitrogens is 2. The molecule has 22 heavy (non-hydrogen) atoms. The number of benzene rings is 1. The lowest BCUT2D eigenvalue weighted by Crippen LogP contribution is -2.41. The van der Waals surface area contributed by atoms with E-state index in [-0.39, 0.29) is 30.9 Å². The smallest absolute Gasteiger partial charge is 0.140 e. The van der Waals surface area contributed by atoms with Gasteiger partial charge >= 0.3 is 0 Å². The van der Waals surface area contributed by atoms with Gasteiger partial charge in [0, 0.05) is 30.6 Å². The molecule has 0 aliphatic carbocycles. The lowest BCUT2D eigenvalue weighted by molar-refractivity contribution is 0.0880. The predicted octanol–water partition coefficient (Wildman–Crippen LogP) is 2.57. The molecule has 1 aromatic carbocycles. The summed E-state index contributed by atoms with van der Waals surface area (Å²) in [5, 5.41) is 13.2. The quantitative estimate of drug-likeness (QED) is 0.874. The second kappa shape index (κ2) is 7.87. The third kappa shape index (κ3) is 3.76. The van der Waals surface area contributed by atoms with Gasteiger partial charge in [0.15, 0.2) is 0 Å². The maximum absolute atomic E-state index is 13.3. The van der Waals surface area contributed by atoms with Crippen LogP contribution in [-0.2, 0) is 0 Å². The Morgan fingerprint density at radius 3 is 2.50 bits per heavy atom. The van der Waals surface area contributed by atoms with E-state index in [0.717, 1.165) is 19.0 Å². The molecule has 0 amide bonds. The number of nitrogens with zero attached hydrogens (tertiary/aromatic N) is 2. The molecule has 0 unspecified atom stereocenters. The van der Waals surface area contributed by atoms with E-state index in [4.69, 9.17) is 0 Å². The zero-order valence-corrected chi connectivity index (χ0v) is 13.2. The van der Waals surface area contributed by atoms with Crippen LogP contribution < -0.4 is 5.32 Å². The lowest BCUT2D eigenvalue weighted by Gasteiger charge is -2.30. The van der Waals surface area contributed by atoms with Crippen molar-refractivity contribution in [1.82, 2.24) is 14.9 Å². The number of halogens is 4. The summed E-state index contributed by atoms with van der Waals surface area (Å²) in [7, 11) is 0. The maximum atomic E-state index is 13.3. The fourth-order valence-electron chi connectivity index (χ4n) is 2.64. The summed E-state index contributed by atoms with van der Waals surface area (Å²) in [6.45, 7) is 1.29. The molecule has 2 aromatic rings. The van der Waals surface area contributed by atoms with Gasteiger partial charge in [-0.2, -0.15) is 0 Å². The van der Waals surface area contributed by atoms with Gasteiger partial charge in [-0.15, -0.1) is 24.8 Å². The Morgan fingerprint density at radius 1 is 1.18 bits per heavy atom. The van der Waals surface area contributed by atoms with Crippen LogP contribution in [0, 0.1) is 11.6 Å². The number of aliphatic hydroxyl groups excluding tert-OH is 1. The number of β-amino-alcohol motifs (C(OH)–C–C–N with tert-alkyl or cyclic N) is 1. The Hall–Kier alpha value is -1.21. The van der Waals surface area contributed by atoms with E-state index >= 15 is 0 Å². The lowest BCUT2D eigenvalue weighted by atomic mass is 10.0. The van der Waals surface area contributed by atoms with Crippen LogP contribution in [-0.4, -0.2) is 33.9 Å². The van der Waals surface area contributed by atoms with Crippen molar-refractivity contribution in [1.29, 1.82) is 0 Å². The van der Waals surface area contributed by atoms with Gasteiger partial charge in [-0.1, -0.05) is 0 Å². The molecule has 0 spiro atoms. The summed E-state index contributed by atoms with van der Waals surface area (Å²) >= 11 is 0. The van der Waals surface area contributed by atoms with Gasteiger partial charge in [-0.05, 0) is 25.1 Å². The zero-order valence-electron chi connectivity index (χ0n) is 11.6. The van der Waals surface area contributed by atoms with E-state index < -0.39 is 17.7 Å². The van der Waals surface area contributed by atoms with Crippen molar-refractivity contribution in [3.63, 3.8) is 0 Å². The van der Waals surface area contributed by atoms with Gasteiger partial charge in [-0.3, -0.25) is 0 Å². The normalized spacial score (nSPS) is 20.9. The van der Waals surface area contributed by atoms with Crippen LogP contribution in [0.4, 0.5) is 8.78 Å². The highest BCUT2D eigenvalue weighted by Crippen LogP contribution is 2.27. The first-order chi connectivity index (χ1) is 9.65. The molecule has 3 rings (SSSR count). The molecule has 1 fully saturated rings. The number of piperidine rings is 1. The topological polar surface area (TPSA) is 50.1 Å². The molecule has 2 N–H and O–H groups in total. The molecule has 1 aromatic heterocycles. The fourth-order valence-corrected chi connectivity index (χ4v) is 2.64. The summed E-state index contributed by atoms with van der Waals surface area (Å²) in [5.74, 6) is -0.810. The Bertz CT molecular complexity index is 604. The first-order valence-electron chi connectivity index (χ1n) is 6.53. The standard InChI is InChI=1S/C14H15F2N3O.2ClH/c15-10-5-9(6-11(16)7-10)14-18-3-4-19(14)12-1-2-17-8-13(12)20;;/h3-7,12-13,17,20H,1-2,8H2;2*1H/t12-,13-;;/m0../s1. The number of hydrogen-bond donors (Lipinski definition) is 2. The minimum absolute atomic E-state index is 0. The summed E-state index contributed by atoms with van der Waals surface area (Å²) in [4.78, 5) is 4.18. The Morgan fingerprint density at radius 2 is 1.86 bits per heavy atom. The van der Waals surface area contributed by atoms with Gasteiger partial charge in [0.1, 0.15) is 17.5 Å². The van der Waals surface area contributed by atoms with E-state index in [2.05, 4.69) is 10.3 Å². The predicted molar refractivity (Wildman–Crippen MR) is 84.6 cm³/mol. The minimum atomic E-state index is -0.639. The number of imidazole rings is 1. The van der Waals surface area contributed by atoms with E-state index in [1.807, 2.05) is 0 Å². The van der Waals surface area contributed by atoms with Gasteiger partial charge in [0.2, 0.25) is 0 Å². The van der Waals surface area contributed by atoms with Crippen LogP contribution in [0.5, 0.6) is 0 Å². The highest BCUT2D eigenvalue weighted by Gasteiger charge is 2.26. The molecule has 1 saturated heterocycles. The number of rotatable bonds is 2. The Kier molecular flexibility index (Phi) is 6.74. The largest absolute Gasteiger partial charge is 0.390 e. The van der Waals surface area contributed by atoms with Gasteiger partial charge in [-0.25, -0.2) is 13.8 Å². The van der Waals surface area contributed by atoms with Crippen LogP contribution in [0.3, 0.4) is 0 Å². The van der Waals surface area contributed by atoms with Crippen LogP contribution in [0.15, 0.2) is 30.6 Å². The average molecular weight is 352 g/mol. The van der Waals surface area contributed by atoms with Crippen molar-refractivity contribution in [3.05, 3.63) is 42.2 Å². The SMILES string of the molecule is Cl.Cl.O[C@H]1CNCC[C@@H]1n1ccnc1-c1cc(F)cc(F)c1. The first-order valence-corrected chi connectivity index (χ1v) is 6.53. The first kappa shape index (κ1) is 18.8. The van der Waals surface area contributed by atoms with Crippen LogP contribution >= 0.6 is 24.8 Å². The zero-order chi connectivity index (χ0) is 14.1. The van der Waals surface area contributed by atoms with Crippen LogP contribution in [0.25, 0.3) is 11.4 Å². The number of hydrogen-bond acceptors (Lipinski definition) is 3. The summed E-state index contributed by atoms with van der Waals surface area (Å²) in [6, 6.07) is 3.18. The van der Waals surface area contributed by atoms with E-state index in [1.54, 1.807) is 17.0 Å². The van der Waals surface area contributed by atoms with Crippen molar-refractivity contribution < 1.29 is 13.9 Å². The van der Waals surface area contributed by atoms with Crippen molar-refractivity contribution in [3.8, 4) is 11.4 Å². The molecule has 0 radical (unpaired) electrons. The molecule has 2 heterocycles. The Balaban J connectivity index is 0.00000121. The van der Waals surface area contributed by atoms with Crippen molar-refractivity contribution >= 4 is 24.8 Å². The fraction of sp³-hybridized carbons (Fsp3) is 0.357. The molecule has 8 heteroatoms. The van der Waals surface area contributed by atoms with Crippen molar-refractivity contribution in [2.45, 2.75) is 18.6 Å². The number of aliphatic hydroxyl groups is 1.